The van der Waals surface area contributed by atoms with Crippen LogP contribution in [0.2, 0.25) is 0 Å². The van der Waals surface area contributed by atoms with Gasteiger partial charge in [-0.2, -0.15) is 23.7 Å². The molecule has 0 aliphatic rings. The molecule has 0 radical (unpaired) electrons. The number of nitriles is 2. The summed E-state index contributed by atoms with van der Waals surface area (Å²) in [5.74, 6) is -3.32. The Balaban J connectivity index is 2.54. The summed E-state index contributed by atoms with van der Waals surface area (Å²) in [5, 5.41) is 30.7. The van der Waals surface area contributed by atoms with Crippen LogP contribution in [0.5, 0.6) is 5.75 Å². The Hall–Kier alpha value is -3.56. The second-order valence-corrected chi connectivity index (χ2v) is 5.65. The van der Waals surface area contributed by atoms with Crippen molar-refractivity contribution in [2.75, 3.05) is 0 Å². The molecule has 28 heavy (non-hydrogen) atoms. The van der Waals surface area contributed by atoms with Crippen molar-refractivity contribution < 1.29 is 27.8 Å². The fourth-order valence-electron chi connectivity index (χ4n) is 2.29. The number of carbonyl (C=O) groups is 1. The fraction of sp³-hybridized carbons (Fsp3) is 0.211. The zero-order valence-corrected chi connectivity index (χ0v) is 14.5. The molecule has 0 aromatic heterocycles. The molecule has 6 nitrogen and oxygen atoms in total. The fourth-order valence-corrected chi connectivity index (χ4v) is 2.29. The van der Waals surface area contributed by atoms with Crippen LogP contribution in [-0.4, -0.2) is 11.0 Å². The van der Waals surface area contributed by atoms with Crippen LogP contribution in [0, 0.1) is 22.7 Å². The van der Waals surface area contributed by atoms with Gasteiger partial charge in [-0.05, 0) is 42.5 Å². The highest BCUT2D eigenvalue weighted by molar-refractivity contribution is 5.76. The number of amides is 1. The summed E-state index contributed by atoms with van der Waals surface area (Å²) in [6.45, 7) is 1.48. The molecule has 0 aliphatic heterocycles. The second kappa shape index (κ2) is 7.99. The van der Waals surface area contributed by atoms with E-state index in [1.807, 2.05) is 6.07 Å². The number of nitrogens with zero attached hydrogens (tertiary/aromatic N) is 2. The minimum atomic E-state index is -4.86. The Morgan fingerprint density at radius 2 is 1.79 bits per heavy atom. The van der Waals surface area contributed by atoms with E-state index in [-0.39, 0.29) is 12.2 Å². The lowest BCUT2D eigenvalue weighted by Crippen LogP contribution is -2.50. The van der Waals surface area contributed by atoms with Crippen molar-refractivity contribution in [3.63, 3.8) is 0 Å². The molecule has 2 aromatic rings. The normalized spacial score (nSPS) is 13.0. The van der Waals surface area contributed by atoms with E-state index in [4.69, 9.17) is 15.3 Å². The first-order chi connectivity index (χ1) is 13.1. The predicted octanol–water partition coefficient (Wildman–Crippen LogP) is 3.16. The van der Waals surface area contributed by atoms with Gasteiger partial charge in [-0.25, -0.2) is 0 Å². The number of halogens is 3. The molecule has 1 atom stereocenters. The number of rotatable bonds is 5. The van der Waals surface area contributed by atoms with Gasteiger partial charge in [-0.3, -0.25) is 10.1 Å². The quantitative estimate of drug-likeness (QED) is 0.764. The monoisotopic (exact) mass is 389 g/mol. The maximum absolute atomic E-state index is 13.3. The number of hydrogen-bond acceptors (Lipinski definition) is 5. The van der Waals surface area contributed by atoms with Crippen molar-refractivity contribution in [1.82, 2.24) is 5.32 Å². The third kappa shape index (κ3) is 4.58. The van der Waals surface area contributed by atoms with Crippen LogP contribution in [0.25, 0.3) is 0 Å². The third-order valence-electron chi connectivity index (χ3n) is 3.72. The summed E-state index contributed by atoms with van der Waals surface area (Å²) < 4.78 is 45.1. The summed E-state index contributed by atoms with van der Waals surface area (Å²) in [5.41, 5.74) is -2.05. The van der Waals surface area contributed by atoms with Crippen LogP contribution >= 0.6 is 0 Å². The van der Waals surface area contributed by atoms with Crippen molar-refractivity contribution in [2.45, 2.75) is 25.4 Å². The molecule has 0 spiro atoms. The molecule has 0 saturated carbocycles. The molecule has 0 bridgehead atoms. The largest absolute Gasteiger partial charge is 0.441 e. The van der Waals surface area contributed by atoms with E-state index in [0.29, 0.717) is 11.6 Å². The van der Waals surface area contributed by atoms with E-state index in [1.165, 1.54) is 37.3 Å². The average Bonchev–Trinajstić information content (AvgIpc) is 2.67. The summed E-state index contributed by atoms with van der Waals surface area (Å²) in [6.07, 6.45) is -4.92. The van der Waals surface area contributed by atoms with Crippen molar-refractivity contribution in [1.29, 1.82) is 10.5 Å². The average molecular weight is 389 g/mol. The minimum absolute atomic E-state index is 0.00387. The van der Waals surface area contributed by atoms with Crippen molar-refractivity contribution in [3.8, 4) is 17.9 Å². The molecule has 144 valence electrons. The molecular weight excluding hydrogens is 375 g/mol. The highest BCUT2D eigenvalue weighted by Crippen LogP contribution is 2.35. The lowest BCUT2D eigenvalue weighted by Gasteiger charge is -2.30. The van der Waals surface area contributed by atoms with Crippen molar-refractivity contribution in [2.24, 2.45) is 0 Å². The number of aliphatic hydroxyl groups is 1. The maximum atomic E-state index is 13.3. The molecule has 0 fully saturated rings. The summed E-state index contributed by atoms with van der Waals surface area (Å²) in [6, 6.07) is 11.2. The maximum Gasteiger partial charge on any atom is 0.417 e. The van der Waals surface area contributed by atoms with E-state index in [2.05, 4.69) is 5.32 Å². The van der Waals surface area contributed by atoms with Gasteiger partial charge in [-0.15, -0.1) is 0 Å². The Kier molecular flexibility index (Phi) is 5.92. The third-order valence-corrected chi connectivity index (χ3v) is 3.72. The first-order valence-corrected chi connectivity index (χ1v) is 7.97. The lowest BCUT2D eigenvalue weighted by molar-refractivity contribution is -0.180. The van der Waals surface area contributed by atoms with Crippen LogP contribution in [0.1, 0.15) is 35.6 Å². The summed E-state index contributed by atoms with van der Waals surface area (Å²) >= 11 is 0. The number of benzene rings is 2. The SMILES string of the molecule is CCC(=O)NC(O)(Oc1ccc(C#N)cc1)c1ccc(C#N)c(C(F)(F)F)c1. The lowest BCUT2D eigenvalue weighted by atomic mass is 10.0. The van der Waals surface area contributed by atoms with E-state index < -0.39 is 34.7 Å². The Labute approximate surface area is 158 Å². The highest BCUT2D eigenvalue weighted by atomic mass is 19.4. The number of nitrogens with one attached hydrogen (secondary N) is 1. The van der Waals surface area contributed by atoms with Crippen LogP contribution in [0.3, 0.4) is 0 Å². The van der Waals surface area contributed by atoms with Crippen LogP contribution < -0.4 is 10.1 Å². The zero-order valence-electron chi connectivity index (χ0n) is 14.5. The van der Waals surface area contributed by atoms with Gasteiger partial charge >= 0.3 is 12.1 Å². The minimum Gasteiger partial charge on any atom is -0.441 e. The molecule has 0 saturated heterocycles. The Bertz CT molecular complexity index is 960. The van der Waals surface area contributed by atoms with Crippen LogP contribution in [0.15, 0.2) is 42.5 Å². The molecule has 1 amide bonds. The number of hydrogen-bond donors (Lipinski definition) is 2. The van der Waals surface area contributed by atoms with Crippen LogP contribution in [-0.2, 0) is 16.9 Å². The zero-order chi connectivity index (χ0) is 20.9. The molecule has 2 N–H and O–H groups in total. The van der Waals surface area contributed by atoms with Crippen molar-refractivity contribution in [3.05, 3.63) is 64.7 Å². The molecule has 2 rings (SSSR count). The molecule has 9 heteroatoms. The summed E-state index contributed by atoms with van der Waals surface area (Å²) in [7, 11) is 0. The Morgan fingerprint density at radius 3 is 2.29 bits per heavy atom. The molecule has 0 heterocycles. The first-order valence-electron chi connectivity index (χ1n) is 7.97. The van der Waals surface area contributed by atoms with Gasteiger partial charge in [0.1, 0.15) is 5.75 Å². The predicted molar refractivity (Wildman–Crippen MR) is 90.3 cm³/mol. The van der Waals surface area contributed by atoms with Gasteiger partial charge in [0.15, 0.2) is 0 Å². The molecule has 1 unspecified atom stereocenters. The summed E-state index contributed by atoms with van der Waals surface area (Å²) in [4.78, 5) is 11.8. The van der Waals surface area contributed by atoms with Crippen LogP contribution in [0.4, 0.5) is 13.2 Å². The van der Waals surface area contributed by atoms with Gasteiger partial charge in [0, 0.05) is 12.0 Å². The standard InChI is InChI=1S/C19H14F3N3O3/c1-2-17(26)25-19(27,28-15-7-3-12(10-23)4-8-15)14-6-5-13(11-24)16(9-14)18(20,21)22/h3-9,27H,2H2,1H3,(H,25,26). The van der Waals surface area contributed by atoms with E-state index in [9.17, 15) is 23.1 Å². The highest BCUT2D eigenvalue weighted by Gasteiger charge is 2.39. The van der Waals surface area contributed by atoms with Gasteiger partial charge in [-0.1, -0.05) is 6.92 Å². The van der Waals surface area contributed by atoms with Crippen molar-refractivity contribution >= 4 is 5.91 Å². The van der Waals surface area contributed by atoms with Gasteiger partial charge in [0.25, 0.3) is 0 Å². The molecule has 2 aromatic carbocycles. The van der Waals surface area contributed by atoms with Gasteiger partial charge in [0.2, 0.25) is 5.91 Å². The second-order valence-electron chi connectivity index (χ2n) is 5.65. The topological polar surface area (TPSA) is 106 Å². The molecule has 0 aliphatic carbocycles. The van der Waals surface area contributed by atoms with Gasteiger partial charge < -0.3 is 9.84 Å². The van der Waals surface area contributed by atoms with Gasteiger partial charge in [0.05, 0.1) is 28.8 Å². The van der Waals surface area contributed by atoms with E-state index in [1.54, 1.807) is 0 Å². The number of alkyl halides is 3. The number of ether oxygens (including phenoxy) is 1. The van der Waals surface area contributed by atoms with E-state index in [0.717, 1.165) is 12.1 Å². The Morgan fingerprint density at radius 1 is 1.14 bits per heavy atom. The molecular formula is C19H14F3N3O3. The first kappa shape index (κ1) is 20.7. The smallest absolute Gasteiger partial charge is 0.417 e. The van der Waals surface area contributed by atoms with E-state index >= 15 is 0 Å². The number of carbonyl (C=O) groups excluding carboxylic acids is 1.